The number of amides is 3. The quantitative estimate of drug-likeness (QED) is 0.538. The normalized spacial score (nSPS) is 18.6. The van der Waals surface area contributed by atoms with Crippen LogP contribution in [0.5, 0.6) is 5.75 Å². The van der Waals surface area contributed by atoms with Gasteiger partial charge < -0.3 is 19.7 Å². The molecule has 0 unspecified atom stereocenters. The summed E-state index contributed by atoms with van der Waals surface area (Å²) in [5, 5.41) is 3.52. The van der Waals surface area contributed by atoms with Crippen molar-refractivity contribution in [3.8, 4) is 5.75 Å². The van der Waals surface area contributed by atoms with Crippen LogP contribution in [0.3, 0.4) is 0 Å². The topological polar surface area (TPSA) is 91.4 Å². The number of esters is 1. The average Bonchev–Trinajstić information content (AvgIpc) is 3.16. The van der Waals surface area contributed by atoms with Crippen molar-refractivity contribution >= 4 is 29.5 Å². The lowest BCUT2D eigenvalue weighted by Crippen LogP contribution is -2.49. The van der Waals surface area contributed by atoms with E-state index in [2.05, 4.69) is 10.2 Å². The largest absolute Gasteiger partial charge is 0.496 e. The van der Waals surface area contributed by atoms with Gasteiger partial charge in [0.1, 0.15) is 5.75 Å². The molecule has 0 saturated carbocycles. The van der Waals surface area contributed by atoms with E-state index in [1.54, 1.807) is 51.4 Å². The molecule has 3 amide bonds. The molecule has 0 aliphatic carbocycles. The fourth-order valence-electron chi connectivity index (χ4n) is 4.86. The molecule has 10 heteroatoms. The number of nitrogens with zero attached hydrogens (tertiary/aromatic N) is 3. The van der Waals surface area contributed by atoms with Crippen molar-refractivity contribution in [2.45, 2.75) is 19.4 Å². The molecule has 1 N–H and O–H groups in total. The minimum Gasteiger partial charge on any atom is -0.496 e. The fraction of sp³-hybridized carbons (Fsp3) is 0.393. The van der Waals surface area contributed by atoms with Gasteiger partial charge in [-0.1, -0.05) is 29.8 Å². The van der Waals surface area contributed by atoms with E-state index >= 15 is 0 Å². The average molecular weight is 541 g/mol. The van der Waals surface area contributed by atoms with E-state index in [1.807, 2.05) is 23.1 Å². The SMILES string of the molecule is CCOC(=O)C1=C(CN2CCCN(C(=O)c3ccc(Cl)cc3)CC2)N(C)C(=O)N[C@@H]1c1ccccc1OC. The molecule has 2 aromatic carbocycles. The van der Waals surface area contributed by atoms with Crippen LogP contribution in [0, 0.1) is 0 Å². The van der Waals surface area contributed by atoms with Crippen molar-refractivity contribution in [3.05, 3.63) is 76.0 Å². The molecule has 1 saturated heterocycles. The molecule has 2 aliphatic rings. The number of likely N-dealkylation sites (N-methyl/N-ethyl adjacent to an activating group) is 1. The highest BCUT2D eigenvalue weighted by molar-refractivity contribution is 6.30. The van der Waals surface area contributed by atoms with E-state index in [0.29, 0.717) is 65.9 Å². The Morgan fingerprint density at radius 2 is 1.79 bits per heavy atom. The van der Waals surface area contributed by atoms with Gasteiger partial charge in [0, 0.05) is 61.6 Å². The minimum atomic E-state index is -0.723. The Bertz CT molecular complexity index is 1220. The predicted octanol–water partition coefficient (Wildman–Crippen LogP) is 3.71. The number of carbonyl (C=O) groups excluding carboxylic acids is 3. The lowest BCUT2D eigenvalue weighted by Gasteiger charge is -2.37. The molecule has 1 atom stereocenters. The second-order valence-corrected chi connectivity index (χ2v) is 9.63. The Hall–Kier alpha value is -3.56. The minimum absolute atomic E-state index is 0.0413. The first-order chi connectivity index (χ1) is 18.3. The standard InChI is InChI=1S/C28H33ClN4O5/c1-4-38-27(35)24-22(31(2)28(36)30-25(24)21-8-5-6-9-23(21)37-3)18-32-14-7-15-33(17-16-32)26(34)19-10-12-20(29)13-11-19/h5-6,8-13,25H,4,7,14-18H2,1-3H3,(H,30,36)/t25-/m1/s1. The maximum absolute atomic E-state index is 13.3. The predicted molar refractivity (Wildman–Crippen MR) is 144 cm³/mol. The van der Waals surface area contributed by atoms with Crippen LogP contribution in [0.15, 0.2) is 59.8 Å². The molecular weight excluding hydrogens is 508 g/mol. The lowest BCUT2D eigenvalue weighted by molar-refractivity contribution is -0.139. The van der Waals surface area contributed by atoms with Crippen LogP contribution in [0.25, 0.3) is 0 Å². The molecule has 1 fully saturated rings. The summed E-state index contributed by atoms with van der Waals surface area (Å²) in [6, 6.07) is 13.1. The van der Waals surface area contributed by atoms with Crippen molar-refractivity contribution in [2.75, 3.05) is 53.5 Å². The summed E-state index contributed by atoms with van der Waals surface area (Å²) >= 11 is 5.97. The molecule has 0 spiro atoms. The fourth-order valence-corrected chi connectivity index (χ4v) is 4.98. The number of hydrogen-bond acceptors (Lipinski definition) is 6. The van der Waals surface area contributed by atoms with E-state index in [1.165, 1.54) is 4.90 Å². The van der Waals surface area contributed by atoms with Gasteiger partial charge in [-0.15, -0.1) is 0 Å². The first-order valence-corrected chi connectivity index (χ1v) is 13.1. The summed E-state index contributed by atoms with van der Waals surface area (Å²) in [4.78, 5) is 44.9. The van der Waals surface area contributed by atoms with Crippen molar-refractivity contribution in [1.29, 1.82) is 0 Å². The van der Waals surface area contributed by atoms with E-state index in [-0.39, 0.29) is 18.5 Å². The zero-order valence-corrected chi connectivity index (χ0v) is 22.7. The molecule has 2 heterocycles. The summed E-state index contributed by atoms with van der Waals surface area (Å²) in [6.07, 6.45) is 0.757. The first-order valence-electron chi connectivity index (χ1n) is 12.7. The number of urea groups is 1. The monoisotopic (exact) mass is 540 g/mol. The number of nitrogens with one attached hydrogen (secondary N) is 1. The Balaban J connectivity index is 1.61. The van der Waals surface area contributed by atoms with Crippen LogP contribution < -0.4 is 10.1 Å². The molecular formula is C28H33ClN4O5. The maximum Gasteiger partial charge on any atom is 0.338 e. The summed E-state index contributed by atoms with van der Waals surface area (Å²) in [5.74, 6) is 0.0367. The summed E-state index contributed by atoms with van der Waals surface area (Å²) in [7, 11) is 3.20. The van der Waals surface area contributed by atoms with Crippen LogP contribution in [0.2, 0.25) is 5.02 Å². The number of hydrogen-bond donors (Lipinski definition) is 1. The Morgan fingerprint density at radius 1 is 1.05 bits per heavy atom. The van der Waals surface area contributed by atoms with Gasteiger partial charge >= 0.3 is 12.0 Å². The van der Waals surface area contributed by atoms with Gasteiger partial charge in [-0.05, 0) is 43.7 Å². The van der Waals surface area contributed by atoms with E-state index < -0.39 is 12.0 Å². The molecule has 0 bridgehead atoms. The smallest absolute Gasteiger partial charge is 0.338 e. The third kappa shape index (κ3) is 5.95. The zero-order valence-electron chi connectivity index (χ0n) is 21.9. The van der Waals surface area contributed by atoms with Crippen molar-refractivity contribution in [2.24, 2.45) is 0 Å². The summed E-state index contributed by atoms with van der Waals surface area (Å²) in [6.45, 7) is 4.75. The van der Waals surface area contributed by atoms with E-state index in [0.717, 1.165) is 6.42 Å². The van der Waals surface area contributed by atoms with Gasteiger partial charge in [-0.3, -0.25) is 14.6 Å². The molecule has 9 nitrogen and oxygen atoms in total. The van der Waals surface area contributed by atoms with E-state index in [4.69, 9.17) is 21.1 Å². The third-order valence-electron chi connectivity index (χ3n) is 6.86. The summed E-state index contributed by atoms with van der Waals surface area (Å²) < 4.78 is 11.0. The number of para-hydroxylation sites is 1. The molecule has 202 valence electrons. The number of carbonyl (C=O) groups is 3. The van der Waals surface area contributed by atoms with Gasteiger partial charge in [-0.2, -0.15) is 0 Å². The maximum atomic E-state index is 13.3. The second kappa shape index (κ2) is 12.3. The second-order valence-electron chi connectivity index (χ2n) is 9.19. The van der Waals surface area contributed by atoms with Crippen LogP contribution in [-0.4, -0.2) is 86.1 Å². The Morgan fingerprint density at radius 3 is 2.50 bits per heavy atom. The third-order valence-corrected chi connectivity index (χ3v) is 7.11. The van der Waals surface area contributed by atoms with Crippen molar-refractivity contribution in [3.63, 3.8) is 0 Å². The van der Waals surface area contributed by atoms with Gasteiger partial charge in [-0.25, -0.2) is 9.59 Å². The molecule has 38 heavy (non-hydrogen) atoms. The zero-order chi connectivity index (χ0) is 27.2. The van der Waals surface area contributed by atoms with Crippen LogP contribution >= 0.6 is 11.6 Å². The van der Waals surface area contributed by atoms with Gasteiger partial charge in [0.05, 0.1) is 25.3 Å². The van der Waals surface area contributed by atoms with Crippen molar-refractivity contribution in [1.82, 2.24) is 20.0 Å². The highest BCUT2D eigenvalue weighted by Gasteiger charge is 2.38. The lowest BCUT2D eigenvalue weighted by atomic mass is 9.93. The molecule has 2 aliphatic heterocycles. The van der Waals surface area contributed by atoms with Gasteiger partial charge in [0.25, 0.3) is 5.91 Å². The van der Waals surface area contributed by atoms with Crippen LogP contribution in [-0.2, 0) is 9.53 Å². The highest BCUT2D eigenvalue weighted by atomic mass is 35.5. The number of benzene rings is 2. The number of methoxy groups -OCH3 is 1. The van der Waals surface area contributed by atoms with Gasteiger partial charge in [0.2, 0.25) is 0 Å². The number of rotatable bonds is 7. The van der Waals surface area contributed by atoms with Gasteiger partial charge in [0.15, 0.2) is 0 Å². The number of halogens is 1. The van der Waals surface area contributed by atoms with Crippen LogP contribution in [0.1, 0.15) is 35.3 Å². The Kier molecular flexibility index (Phi) is 8.91. The highest BCUT2D eigenvalue weighted by Crippen LogP contribution is 2.36. The van der Waals surface area contributed by atoms with E-state index in [9.17, 15) is 14.4 Å². The Labute approximate surface area is 227 Å². The molecule has 0 aromatic heterocycles. The first kappa shape index (κ1) is 27.5. The molecule has 4 rings (SSSR count). The number of ether oxygens (including phenoxy) is 2. The molecule has 2 aromatic rings. The summed E-state index contributed by atoms with van der Waals surface area (Å²) in [5.41, 5.74) is 2.21. The van der Waals surface area contributed by atoms with Crippen LogP contribution in [0.4, 0.5) is 4.79 Å². The van der Waals surface area contributed by atoms with Crippen molar-refractivity contribution < 1.29 is 23.9 Å². The molecule has 0 radical (unpaired) electrons.